The standard InChI is InChI=1S/C19H37N7O5/c1-5-11(4)15(26-16(28)14(10(2)3)25-13(27)9-20)17(29)24-12(18(30)31)7-6-8-23-19(21)22/h10-12,14-15H,5-9,20H2,1-4H3,(H,24,29)(H,25,27)(H,26,28)(H,30,31)(H4,21,22,23). The average Bonchev–Trinajstić information content (AvgIpc) is 2.70. The fourth-order valence-electron chi connectivity index (χ4n) is 2.73. The molecule has 0 aliphatic heterocycles. The smallest absolute Gasteiger partial charge is 0.326 e. The highest BCUT2D eigenvalue weighted by atomic mass is 16.4. The average molecular weight is 444 g/mol. The molecular weight excluding hydrogens is 406 g/mol. The predicted molar refractivity (Wildman–Crippen MR) is 117 cm³/mol. The Labute approximate surface area is 182 Å². The van der Waals surface area contributed by atoms with Crippen LogP contribution in [0.15, 0.2) is 4.99 Å². The fraction of sp³-hybridized carbons (Fsp3) is 0.737. The van der Waals surface area contributed by atoms with Gasteiger partial charge in [-0.3, -0.25) is 19.4 Å². The van der Waals surface area contributed by atoms with Crippen molar-refractivity contribution in [3.8, 4) is 0 Å². The number of rotatable bonds is 14. The van der Waals surface area contributed by atoms with E-state index in [4.69, 9.17) is 17.2 Å². The van der Waals surface area contributed by atoms with E-state index in [1.807, 2.05) is 6.92 Å². The third-order valence-electron chi connectivity index (χ3n) is 4.80. The molecule has 0 aromatic heterocycles. The largest absolute Gasteiger partial charge is 0.480 e. The van der Waals surface area contributed by atoms with Crippen LogP contribution in [-0.4, -0.2) is 66.0 Å². The number of nitrogens with one attached hydrogen (secondary N) is 3. The lowest BCUT2D eigenvalue weighted by Crippen LogP contribution is -2.59. The van der Waals surface area contributed by atoms with Gasteiger partial charge in [0.1, 0.15) is 18.1 Å². The molecule has 0 aromatic carbocycles. The lowest BCUT2D eigenvalue weighted by Gasteiger charge is -2.28. The van der Waals surface area contributed by atoms with Gasteiger partial charge in [0.25, 0.3) is 0 Å². The molecule has 31 heavy (non-hydrogen) atoms. The second-order valence-electron chi connectivity index (χ2n) is 7.71. The van der Waals surface area contributed by atoms with Crippen LogP contribution in [0, 0.1) is 11.8 Å². The van der Waals surface area contributed by atoms with Crippen molar-refractivity contribution in [2.45, 2.75) is 65.1 Å². The van der Waals surface area contributed by atoms with Gasteiger partial charge < -0.3 is 38.3 Å². The molecule has 0 bridgehead atoms. The maximum absolute atomic E-state index is 12.8. The maximum atomic E-state index is 12.8. The lowest BCUT2D eigenvalue weighted by atomic mass is 9.96. The van der Waals surface area contributed by atoms with Crippen LogP contribution in [0.5, 0.6) is 0 Å². The SMILES string of the molecule is CCC(C)C(NC(=O)C(NC(=O)CN)C(C)C)C(=O)NC(CCCN=C(N)N)C(=O)O. The summed E-state index contributed by atoms with van der Waals surface area (Å²) in [6, 6.07) is -3.03. The first-order chi connectivity index (χ1) is 14.4. The number of carbonyl (C=O) groups excluding carboxylic acids is 3. The molecule has 10 N–H and O–H groups in total. The van der Waals surface area contributed by atoms with E-state index in [0.717, 1.165) is 0 Å². The van der Waals surface area contributed by atoms with E-state index in [2.05, 4.69) is 20.9 Å². The van der Waals surface area contributed by atoms with Crippen molar-refractivity contribution in [3.05, 3.63) is 0 Å². The van der Waals surface area contributed by atoms with Gasteiger partial charge in [-0.25, -0.2) is 4.79 Å². The van der Waals surface area contributed by atoms with Gasteiger partial charge in [0, 0.05) is 6.54 Å². The minimum atomic E-state index is -1.21. The molecule has 0 saturated carbocycles. The molecule has 0 fully saturated rings. The zero-order chi connectivity index (χ0) is 24.1. The van der Waals surface area contributed by atoms with Crippen molar-refractivity contribution >= 4 is 29.7 Å². The van der Waals surface area contributed by atoms with Gasteiger partial charge in [0.15, 0.2) is 5.96 Å². The number of guanidine groups is 1. The first kappa shape index (κ1) is 28.1. The molecule has 3 amide bonds. The Hall–Kier alpha value is -2.89. The zero-order valence-electron chi connectivity index (χ0n) is 18.7. The Bertz CT molecular complexity index is 650. The van der Waals surface area contributed by atoms with Gasteiger partial charge in [-0.2, -0.15) is 0 Å². The van der Waals surface area contributed by atoms with Gasteiger partial charge in [-0.05, 0) is 24.7 Å². The number of aliphatic carboxylic acids is 1. The van der Waals surface area contributed by atoms with Crippen LogP contribution in [0.2, 0.25) is 0 Å². The highest BCUT2D eigenvalue weighted by Gasteiger charge is 2.32. The van der Waals surface area contributed by atoms with E-state index in [1.54, 1.807) is 20.8 Å². The van der Waals surface area contributed by atoms with Crippen LogP contribution in [0.4, 0.5) is 0 Å². The number of carboxylic acids is 1. The summed E-state index contributed by atoms with van der Waals surface area (Å²) in [5, 5.41) is 17.1. The molecule has 0 aromatic rings. The summed E-state index contributed by atoms with van der Waals surface area (Å²) in [4.78, 5) is 52.6. The minimum absolute atomic E-state index is 0.100. The molecule has 0 heterocycles. The summed E-state index contributed by atoms with van der Waals surface area (Å²) < 4.78 is 0. The molecule has 0 aliphatic rings. The number of nitrogens with zero attached hydrogens (tertiary/aromatic N) is 1. The lowest BCUT2D eigenvalue weighted by molar-refractivity contribution is -0.143. The van der Waals surface area contributed by atoms with E-state index in [9.17, 15) is 24.3 Å². The number of amides is 3. The van der Waals surface area contributed by atoms with Crippen LogP contribution < -0.4 is 33.2 Å². The molecule has 12 nitrogen and oxygen atoms in total. The molecule has 0 aliphatic carbocycles. The van der Waals surface area contributed by atoms with Crippen LogP contribution in [0.25, 0.3) is 0 Å². The van der Waals surface area contributed by atoms with Crippen molar-refractivity contribution in [2.75, 3.05) is 13.1 Å². The third kappa shape index (κ3) is 10.6. The van der Waals surface area contributed by atoms with Crippen molar-refractivity contribution in [3.63, 3.8) is 0 Å². The highest BCUT2D eigenvalue weighted by molar-refractivity contribution is 5.93. The van der Waals surface area contributed by atoms with E-state index in [-0.39, 0.29) is 37.3 Å². The molecular formula is C19H37N7O5. The summed E-state index contributed by atoms with van der Waals surface area (Å²) in [5.74, 6) is -3.50. The van der Waals surface area contributed by atoms with Crippen molar-refractivity contribution in [2.24, 2.45) is 34.0 Å². The second-order valence-corrected chi connectivity index (χ2v) is 7.71. The molecule has 178 valence electrons. The normalized spacial score (nSPS) is 14.6. The predicted octanol–water partition coefficient (Wildman–Crippen LogP) is -1.76. The van der Waals surface area contributed by atoms with E-state index in [1.165, 1.54) is 0 Å². The summed E-state index contributed by atoms with van der Waals surface area (Å²) in [6.45, 7) is 7.06. The molecule has 12 heteroatoms. The topological polar surface area (TPSA) is 215 Å². The summed E-state index contributed by atoms with van der Waals surface area (Å²) in [5.41, 5.74) is 15.8. The number of aliphatic imine (C=N–C) groups is 1. The molecule has 0 radical (unpaired) electrons. The van der Waals surface area contributed by atoms with Crippen molar-refractivity contribution in [1.29, 1.82) is 0 Å². The number of carbonyl (C=O) groups is 4. The Morgan fingerprint density at radius 1 is 0.968 bits per heavy atom. The van der Waals surface area contributed by atoms with E-state index in [0.29, 0.717) is 12.8 Å². The summed E-state index contributed by atoms with van der Waals surface area (Å²) >= 11 is 0. The Morgan fingerprint density at radius 3 is 2.00 bits per heavy atom. The second kappa shape index (κ2) is 14.2. The van der Waals surface area contributed by atoms with Crippen LogP contribution >= 0.6 is 0 Å². The quantitative estimate of drug-likeness (QED) is 0.0924. The first-order valence-electron chi connectivity index (χ1n) is 10.3. The molecule has 4 unspecified atom stereocenters. The first-order valence-corrected chi connectivity index (χ1v) is 10.3. The van der Waals surface area contributed by atoms with E-state index < -0.39 is 41.8 Å². The minimum Gasteiger partial charge on any atom is -0.480 e. The molecule has 0 rings (SSSR count). The van der Waals surface area contributed by atoms with Gasteiger partial charge in [0.2, 0.25) is 17.7 Å². The summed E-state index contributed by atoms with van der Waals surface area (Å²) in [6.07, 6.45) is 1.01. The number of carboxylic acid groups (broad SMARTS) is 1. The molecule has 0 saturated heterocycles. The maximum Gasteiger partial charge on any atom is 0.326 e. The Balaban J connectivity index is 5.32. The van der Waals surface area contributed by atoms with Crippen LogP contribution in [-0.2, 0) is 19.2 Å². The van der Waals surface area contributed by atoms with Gasteiger partial charge in [-0.1, -0.05) is 34.1 Å². The van der Waals surface area contributed by atoms with Crippen molar-refractivity contribution in [1.82, 2.24) is 16.0 Å². The number of hydrogen-bond donors (Lipinski definition) is 7. The Kier molecular flexibility index (Phi) is 12.9. The third-order valence-corrected chi connectivity index (χ3v) is 4.80. The Morgan fingerprint density at radius 2 is 1.55 bits per heavy atom. The van der Waals surface area contributed by atoms with E-state index >= 15 is 0 Å². The monoisotopic (exact) mass is 443 g/mol. The van der Waals surface area contributed by atoms with Crippen LogP contribution in [0.3, 0.4) is 0 Å². The summed E-state index contributed by atoms with van der Waals surface area (Å²) in [7, 11) is 0. The molecule has 0 spiro atoms. The zero-order valence-corrected chi connectivity index (χ0v) is 18.7. The van der Waals surface area contributed by atoms with Crippen molar-refractivity contribution < 1.29 is 24.3 Å². The van der Waals surface area contributed by atoms with Gasteiger partial charge in [0.05, 0.1) is 6.54 Å². The highest BCUT2D eigenvalue weighted by Crippen LogP contribution is 2.11. The van der Waals surface area contributed by atoms with Gasteiger partial charge >= 0.3 is 5.97 Å². The number of hydrogen-bond acceptors (Lipinski definition) is 6. The van der Waals surface area contributed by atoms with Gasteiger partial charge in [-0.15, -0.1) is 0 Å². The number of nitrogens with two attached hydrogens (primary N) is 3. The van der Waals surface area contributed by atoms with Crippen LogP contribution in [0.1, 0.15) is 47.0 Å². The molecule has 4 atom stereocenters. The fourth-order valence-corrected chi connectivity index (χ4v) is 2.73.